The van der Waals surface area contributed by atoms with Crippen LogP contribution in [0.1, 0.15) is 38.2 Å². The maximum absolute atomic E-state index is 12.9. The van der Waals surface area contributed by atoms with Gasteiger partial charge in [-0.3, -0.25) is 4.90 Å². The fraction of sp³-hybridized carbons (Fsp3) is 0.385. The minimum absolute atomic E-state index is 0.0170. The molecule has 1 amide bonds. The summed E-state index contributed by atoms with van der Waals surface area (Å²) in [5, 5.41) is 17.9. The third kappa shape index (κ3) is 4.04. The van der Waals surface area contributed by atoms with E-state index in [1.807, 2.05) is 36.7 Å². The van der Waals surface area contributed by atoms with Crippen LogP contribution >= 0.6 is 0 Å². The monoisotopic (exact) mass is 455 g/mol. The van der Waals surface area contributed by atoms with Crippen LogP contribution in [0.5, 0.6) is 5.75 Å². The van der Waals surface area contributed by atoms with Gasteiger partial charge >= 0.3 is 6.09 Å². The number of anilines is 1. The third-order valence-corrected chi connectivity index (χ3v) is 6.89. The van der Waals surface area contributed by atoms with Crippen molar-refractivity contribution in [2.75, 3.05) is 18.1 Å². The minimum atomic E-state index is -0.533. The molecule has 8 nitrogen and oxygen atoms in total. The largest absolute Gasteiger partial charge is 0.479 e. The molecule has 8 heteroatoms. The summed E-state index contributed by atoms with van der Waals surface area (Å²) in [5.41, 5.74) is 2.57. The fourth-order valence-corrected chi connectivity index (χ4v) is 5.47. The summed E-state index contributed by atoms with van der Waals surface area (Å²) in [7, 11) is 0. The van der Waals surface area contributed by atoms with Crippen molar-refractivity contribution in [1.29, 1.82) is 10.5 Å². The maximum Gasteiger partial charge on any atom is 0.415 e. The summed E-state index contributed by atoms with van der Waals surface area (Å²) in [6.45, 7) is 3.47. The van der Waals surface area contributed by atoms with Gasteiger partial charge in [0.25, 0.3) is 0 Å². The van der Waals surface area contributed by atoms with E-state index in [0.717, 1.165) is 48.9 Å². The molecule has 1 aliphatic carbocycles. The van der Waals surface area contributed by atoms with Crippen molar-refractivity contribution < 1.29 is 14.3 Å². The highest BCUT2D eigenvalue weighted by atomic mass is 16.6. The van der Waals surface area contributed by atoms with Crippen LogP contribution in [0.25, 0.3) is 11.0 Å². The van der Waals surface area contributed by atoms with Gasteiger partial charge in [0.15, 0.2) is 6.61 Å². The summed E-state index contributed by atoms with van der Waals surface area (Å²) in [6, 6.07) is 16.8. The van der Waals surface area contributed by atoms with Crippen molar-refractivity contribution >= 4 is 22.8 Å². The molecule has 1 spiro atoms. The van der Waals surface area contributed by atoms with Crippen molar-refractivity contribution in [3.05, 3.63) is 54.4 Å². The smallest absolute Gasteiger partial charge is 0.415 e. The first-order valence-corrected chi connectivity index (χ1v) is 11.4. The Morgan fingerprint density at radius 1 is 1.18 bits per heavy atom. The van der Waals surface area contributed by atoms with Crippen molar-refractivity contribution in [2.24, 2.45) is 5.41 Å². The standard InChI is InChI=1S/C26H25N5O3/c1-25(16-30-18-29-22-8-3-19(14-28)13-23(22)30)9-2-10-26(15-25)17-31(24(32)34-26)20-4-6-21(7-5-20)33-12-11-27/h3-8,13,18H,2,9-10,12,15-17H2,1H3/t25-,26-/m0/s1. The number of aromatic nitrogens is 2. The zero-order valence-electron chi connectivity index (χ0n) is 19.0. The molecule has 1 aromatic heterocycles. The summed E-state index contributed by atoms with van der Waals surface area (Å²) in [6.07, 6.45) is 5.08. The zero-order valence-corrected chi connectivity index (χ0v) is 19.0. The lowest BCUT2D eigenvalue weighted by Gasteiger charge is -2.43. The molecule has 2 heterocycles. The van der Waals surface area contributed by atoms with Gasteiger partial charge in [0.1, 0.15) is 17.4 Å². The Morgan fingerprint density at radius 2 is 2.00 bits per heavy atom. The van der Waals surface area contributed by atoms with E-state index in [1.165, 1.54) is 0 Å². The number of carbonyl (C=O) groups is 1. The summed E-state index contributed by atoms with van der Waals surface area (Å²) in [4.78, 5) is 19.0. The minimum Gasteiger partial charge on any atom is -0.479 e. The molecule has 0 N–H and O–H groups in total. The van der Waals surface area contributed by atoms with Gasteiger partial charge in [0, 0.05) is 12.2 Å². The first-order valence-electron chi connectivity index (χ1n) is 11.4. The van der Waals surface area contributed by atoms with E-state index < -0.39 is 5.60 Å². The Labute approximate surface area is 197 Å². The molecular weight excluding hydrogens is 430 g/mol. The molecule has 34 heavy (non-hydrogen) atoms. The number of nitriles is 2. The molecule has 1 saturated heterocycles. The summed E-state index contributed by atoms with van der Waals surface area (Å²) >= 11 is 0. The molecule has 5 rings (SSSR count). The Kier molecular flexibility index (Phi) is 5.37. The number of carbonyl (C=O) groups excluding carboxylic acids is 1. The number of rotatable bonds is 5. The lowest BCUT2D eigenvalue weighted by atomic mass is 9.68. The molecule has 0 radical (unpaired) electrons. The number of hydrogen-bond acceptors (Lipinski definition) is 6. The molecule has 2 atom stereocenters. The second-order valence-corrected chi connectivity index (χ2v) is 9.61. The van der Waals surface area contributed by atoms with Crippen LogP contribution in [-0.4, -0.2) is 34.4 Å². The predicted octanol–water partition coefficient (Wildman–Crippen LogP) is 4.79. The SMILES string of the molecule is C[C@]1(Cn2cnc3ccc(C#N)cc32)CCC[C@@]2(CN(c3ccc(OCC#N)cc3)C(=O)O2)C1. The Morgan fingerprint density at radius 3 is 2.76 bits per heavy atom. The van der Waals surface area contributed by atoms with Crippen molar-refractivity contribution in [2.45, 2.75) is 44.8 Å². The Balaban J connectivity index is 1.34. The second-order valence-electron chi connectivity index (χ2n) is 9.61. The lowest BCUT2D eigenvalue weighted by molar-refractivity contribution is -0.0264. The molecule has 0 bridgehead atoms. The number of ether oxygens (including phenoxy) is 2. The molecule has 2 fully saturated rings. The molecule has 3 aromatic rings. The number of nitrogens with zero attached hydrogens (tertiary/aromatic N) is 5. The van der Waals surface area contributed by atoms with Crippen LogP contribution in [-0.2, 0) is 11.3 Å². The number of fused-ring (bicyclic) bond motifs is 1. The number of hydrogen-bond donors (Lipinski definition) is 0. The van der Waals surface area contributed by atoms with E-state index in [4.69, 9.17) is 14.7 Å². The van der Waals surface area contributed by atoms with Crippen molar-refractivity contribution in [3.8, 4) is 17.9 Å². The van der Waals surface area contributed by atoms with Gasteiger partial charge in [0.2, 0.25) is 0 Å². The van der Waals surface area contributed by atoms with E-state index in [9.17, 15) is 10.1 Å². The molecule has 1 aliphatic heterocycles. The normalized spacial score (nSPS) is 24.1. The molecule has 1 saturated carbocycles. The molecule has 172 valence electrons. The van der Waals surface area contributed by atoms with Crippen LogP contribution in [0.4, 0.5) is 10.5 Å². The zero-order chi connectivity index (χ0) is 23.8. The van der Waals surface area contributed by atoms with E-state index in [-0.39, 0.29) is 18.1 Å². The third-order valence-electron chi connectivity index (χ3n) is 6.89. The highest BCUT2D eigenvalue weighted by molar-refractivity contribution is 5.90. The average molecular weight is 456 g/mol. The van der Waals surface area contributed by atoms with Crippen LogP contribution in [0.15, 0.2) is 48.8 Å². The number of imidazole rings is 1. The fourth-order valence-electron chi connectivity index (χ4n) is 5.47. The van der Waals surface area contributed by atoms with Crippen LogP contribution in [0.3, 0.4) is 0 Å². The van der Waals surface area contributed by atoms with Gasteiger partial charge in [-0.1, -0.05) is 6.92 Å². The summed E-state index contributed by atoms with van der Waals surface area (Å²) < 4.78 is 13.5. The number of benzene rings is 2. The topological polar surface area (TPSA) is 104 Å². The van der Waals surface area contributed by atoms with E-state index in [1.54, 1.807) is 23.1 Å². The van der Waals surface area contributed by atoms with Gasteiger partial charge < -0.3 is 14.0 Å². The van der Waals surface area contributed by atoms with Gasteiger partial charge in [0.05, 0.1) is 35.5 Å². The highest BCUT2D eigenvalue weighted by Crippen LogP contribution is 2.48. The molecule has 0 unspecified atom stereocenters. The maximum atomic E-state index is 12.9. The molecular formula is C26H25N5O3. The van der Waals surface area contributed by atoms with Gasteiger partial charge in [-0.25, -0.2) is 9.78 Å². The summed E-state index contributed by atoms with van der Waals surface area (Å²) in [5.74, 6) is 0.588. The number of amides is 1. The highest BCUT2D eigenvalue weighted by Gasteiger charge is 2.51. The first-order chi connectivity index (χ1) is 16.4. The van der Waals surface area contributed by atoms with Gasteiger partial charge in [-0.15, -0.1) is 0 Å². The predicted molar refractivity (Wildman–Crippen MR) is 125 cm³/mol. The van der Waals surface area contributed by atoms with Crippen molar-refractivity contribution in [1.82, 2.24) is 9.55 Å². The van der Waals surface area contributed by atoms with Crippen LogP contribution in [0, 0.1) is 28.1 Å². The second kappa shape index (κ2) is 8.39. The van der Waals surface area contributed by atoms with Gasteiger partial charge in [-0.05, 0) is 73.6 Å². The van der Waals surface area contributed by atoms with Gasteiger partial charge in [-0.2, -0.15) is 10.5 Å². The lowest BCUT2D eigenvalue weighted by Crippen LogP contribution is -2.45. The van der Waals surface area contributed by atoms with Crippen molar-refractivity contribution in [3.63, 3.8) is 0 Å². The van der Waals surface area contributed by atoms with E-state index in [0.29, 0.717) is 17.9 Å². The van der Waals surface area contributed by atoms with E-state index in [2.05, 4.69) is 22.5 Å². The molecule has 2 aliphatic rings. The average Bonchev–Trinajstić information content (AvgIpc) is 3.37. The van der Waals surface area contributed by atoms with E-state index >= 15 is 0 Å². The molecule has 2 aromatic carbocycles. The Hall–Kier alpha value is -4.04. The first kappa shape index (κ1) is 21.8. The van der Waals surface area contributed by atoms with Crippen LogP contribution < -0.4 is 9.64 Å². The quantitative estimate of drug-likeness (QED) is 0.548. The Bertz CT molecular complexity index is 1320. The van der Waals surface area contributed by atoms with Crippen LogP contribution in [0.2, 0.25) is 0 Å².